The highest BCUT2D eigenvalue weighted by Crippen LogP contribution is 2.48. The Kier molecular flexibility index (Phi) is 8.01. The molecule has 0 spiro atoms. The van der Waals surface area contributed by atoms with E-state index in [1.165, 1.54) is 69.4 Å². The molecule has 0 saturated heterocycles. The molecular weight excluding hydrogens is 787 g/mol. The van der Waals surface area contributed by atoms with Gasteiger partial charge >= 0.3 is 0 Å². The van der Waals surface area contributed by atoms with Crippen molar-refractivity contribution < 1.29 is 0 Å². The summed E-state index contributed by atoms with van der Waals surface area (Å²) in [4.78, 5) is 15.4. The van der Waals surface area contributed by atoms with Gasteiger partial charge in [-0.05, 0) is 35.9 Å². The highest BCUT2D eigenvalue weighted by atomic mass is 32.1. The molecule has 0 N–H and O–H groups in total. The molecule has 9 aromatic carbocycles. The van der Waals surface area contributed by atoms with Gasteiger partial charge in [0.15, 0.2) is 17.5 Å². The van der Waals surface area contributed by atoms with E-state index in [1.807, 2.05) is 47.7 Å². The fourth-order valence-corrected chi connectivity index (χ4v) is 11.0. The largest absolute Gasteiger partial charge is 0.307 e. The van der Waals surface area contributed by atoms with Crippen molar-refractivity contribution in [1.82, 2.24) is 24.1 Å². The number of aromatic nitrogens is 5. The van der Waals surface area contributed by atoms with Crippen LogP contribution in [0.15, 0.2) is 212 Å². The predicted molar refractivity (Wildman–Crippen MR) is 263 cm³/mol. The fraction of sp³-hybridized carbons (Fsp3) is 0. The smallest absolute Gasteiger partial charge is 0.166 e. The third-order valence-electron chi connectivity index (χ3n) is 12.4. The zero-order chi connectivity index (χ0) is 41.4. The van der Waals surface area contributed by atoms with Gasteiger partial charge in [-0.15, -0.1) is 11.3 Å². The standard InChI is InChI=1S/C57H35N5S/c1-4-18-36(19-5-1)39-24-10-14-28-47(39)61-48-29-15-11-25-40(48)42-32-34-44-45-35-33-43-41-26-12-16-30-49(41)62(52(43)54(45)63-53(44)51(42)61)50-31-17-13-27-46(50)57-59-55(37-20-6-2-7-21-37)58-56(60-57)38-22-8-3-9-23-38/h1-35H. The molecule has 0 aliphatic carbocycles. The van der Waals surface area contributed by atoms with Gasteiger partial charge in [-0.2, -0.15) is 0 Å². The Morgan fingerprint density at radius 2 is 0.667 bits per heavy atom. The van der Waals surface area contributed by atoms with Crippen molar-refractivity contribution in [2.45, 2.75) is 0 Å². The Morgan fingerprint density at radius 3 is 1.19 bits per heavy atom. The maximum atomic E-state index is 5.21. The topological polar surface area (TPSA) is 48.5 Å². The van der Waals surface area contributed by atoms with Gasteiger partial charge in [-0.1, -0.05) is 182 Å². The molecule has 0 amide bonds. The molecule has 63 heavy (non-hydrogen) atoms. The van der Waals surface area contributed by atoms with Crippen LogP contribution in [-0.2, 0) is 0 Å². The monoisotopic (exact) mass is 821 g/mol. The second-order valence-corrected chi connectivity index (χ2v) is 16.9. The second kappa shape index (κ2) is 14.2. The summed E-state index contributed by atoms with van der Waals surface area (Å²) in [6, 6.07) is 75.4. The molecule has 13 aromatic rings. The van der Waals surface area contributed by atoms with Crippen LogP contribution in [0, 0.1) is 0 Å². The number of rotatable bonds is 6. The van der Waals surface area contributed by atoms with Crippen molar-refractivity contribution >= 4 is 75.1 Å². The molecule has 5 nitrogen and oxygen atoms in total. The minimum absolute atomic E-state index is 0.621. The molecule has 6 heteroatoms. The molecule has 4 heterocycles. The maximum absolute atomic E-state index is 5.21. The van der Waals surface area contributed by atoms with Crippen molar-refractivity contribution in [3.05, 3.63) is 212 Å². The van der Waals surface area contributed by atoms with Crippen LogP contribution in [0.25, 0.3) is 120 Å². The Labute approximate surface area is 366 Å². The van der Waals surface area contributed by atoms with Crippen LogP contribution in [-0.4, -0.2) is 24.1 Å². The Hall–Kier alpha value is -8.19. The molecule has 0 fully saturated rings. The average Bonchev–Trinajstić information content (AvgIpc) is 4.03. The summed E-state index contributed by atoms with van der Waals surface area (Å²) in [7, 11) is 0. The number of nitrogens with zero attached hydrogens (tertiary/aromatic N) is 5. The first-order chi connectivity index (χ1) is 31.3. The molecule has 0 atom stereocenters. The van der Waals surface area contributed by atoms with Crippen LogP contribution in [0.3, 0.4) is 0 Å². The first-order valence-corrected chi connectivity index (χ1v) is 22.0. The average molecular weight is 822 g/mol. The molecule has 0 bridgehead atoms. The van der Waals surface area contributed by atoms with Crippen LogP contribution >= 0.6 is 11.3 Å². The summed E-state index contributed by atoms with van der Waals surface area (Å²) < 4.78 is 7.45. The Bertz CT molecular complexity index is 3850. The zero-order valence-electron chi connectivity index (χ0n) is 33.9. The first kappa shape index (κ1) is 35.6. The fourth-order valence-electron chi connectivity index (χ4n) is 9.61. The summed E-state index contributed by atoms with van der Waals surface area (Å²) >= 11 is 1.89. The SMILES string of the molecule is c1ccc(-c2nc(-c3ccccc3)nc(-c3ccccc3-n3c4ccccc4c4ccc5c6ccc7c8ccccc8n(-c8ccccc8-c8ccccc8)c7c6sc5c43)n2)cc1. The molecule has 4 aromatic heterocycles. The van der Waals surface area contributed by atoms with E-state index in [4.69, 9.17) is 15.0 Å². The molecular formula is C57H35N5S. The predicted octanol–water partition coefficient (Wildman–Crippen LogP) is 15.1. The Balaban J connectivity index is 1.12. The van der Waals surface area contributed by atoms with Gasteiger partial charge in [0.2, 0.25) is 0 Å². The lowest BCUT2D eigenvalue weighted by atomic mass is 10.0. The molecule has 0 saturated carbocycles. The van der Waals surface area contributed by atoms with E-state index >= 15 is 0 Å². The van der Waals surface area contributed by atoms with Crippen LogP contribution in [0.5, 0.6) is 0 Å². The van der Waals surface area contributed by atoms with E-state index in [-0.39, 0.29) is 0 Å². The van der Waals surface area contributed by atoms with Gasteiger partial charge in [-0.3, -0.25) is 0 Å². The molecule has 0 aliphatic heterocycles. The number of hydrogen-bond acceptors (Lipinski definition) is 4. The van der Waals surface area contributed by atoms with Crippen LogP contribution in [0.4, 0.5) is 0 Å². The number of para-hydroxylation sites is 4. The minimum atomic E-state index is 0.621. The van der Waals surface area contributed by atoms with Gasteiger partial charge in [0.05, 0.1) is 42.8 Å². The zero-order valence-corrected chi connectivity index (χ0v) is 34.7. The quantitative estimate of drug-likeness (QED) is 0.168. The van der Waals surface area contributed by atoms with Crippen molar-refractivity contribution in [1.29, 1.82) is 0 Å². The van der Waals surface area contributed by atoms with E-state index in [9.17, 15) is 0 Å². The summed E-state index contributed by atoms with van der Waals surface area (Å²) in [5, 5.41) is 7.36. The van der Waals surface area contributed by atoms with E-state index in [0.29, 0.717) is 17.5 Å². The maximum Gasteiger partial charge on any atom is 0.166 e. The van der Waals surface area contributed by atoms with E-state index < -0.39 is 0 Å². The normalized spacial score (nSPS) is 11.8. The summed E-state index contributed by atoms with van der Waals surface area (Å²) in [6.07, 6.45) is 0. The third-order valence-corrected chi connectivity index (χ3v) is 13.6. The summed E-state index contributed by atoms with van der Waals surface area (Å²) in [6.45, 7) is 0. The number of fused-ring (bicyclic) bond motifs is 11. The molecule has 294 valence electrons. The third kappa shape index (κ3) is 5.52. The number of thiophene rings is 1. The number of benzene rings is 9. The number of hydrogen-bond donors (Lipinski definition) is 0. The van der Waals surface area contributed by atoms with Crippen LogP contribution < -0.4 is 0 Å². The first-order valence-electron chi connectivity index (χ1n) is 21.2. The van der Waals surface area contributed by atoms with E-state index in [2.05, 4.69) is 185 Å². The highest BCUT2D eigenvalue weighted by Gasteiger charge is 2.24. The van der Waals surface area contributed by atoms with Gasteiger partial charge in [0, 0.05) is 54.6 Å². The molecule has 0 radical (unpaired) electrons. The van der Waals surface area contributed by atoms with Gasteiger partial charge in [-0.25, -0.2) is 15.0 Å². The Morgan fingerprint density at radius 1 is 0.286 bits per heavy atom. The van der Waals surface area contributed by atoms with Crippen LogP contribution in [0.2, 0.25) is 0 Å². The van der Waals surface area contributed by atoms with Crippen molar-refractivity contribution in [3.63, 3.8) is 0 Å². The summed E-state index contributed by atoms with van der Waals surface area (Å²) in [5.74, 6) is 1.89. The lowest BCUT2D eigenvalue weighted by molar-refractivity contribution is 1.06. The van der Waals surface area contributed by atoms with Gasteiger partial charge in [0.1, 0.15) is 0 Å². The molecule has 0 unspecified atom stereocenters. The summed E-state index contributed by atoms with van der Waals surface area (Å²) in [5.41, 5.74) is 12.1. The van der Waals surface area contributed by atoms with E-state index in [0.717, 1.165) is 33.6 Å². The van der Waals surface area contributed by atoms with Crippen molar-refractivity contribution in [2.75, 3.05) is 0 Å². The van der Waals surface area contributed by atoms with Crippen LogP contribution in [0.1, 0.15) is 0 Å². The molecule has 0 aliphatic rings. The second-order valence-electron chi connectivity index (χ2n) is 15.9. The van der Waals surface area contributed by atoms with Gasteiger partial charge < -0.3 is 9.13 Å². The van der Waals surface area contributed by atoms with Gasteiger partial charge in [0.25, 0.3) is 0 Å². The van der Waals surface area contributed by atoms with E-state index in [1.54, 1.807) is 0 Å². The lowest BCUT2D eigenvalue weighted by Gasteiger charge is -2.15. The van der Waals surface area contributed by atoms with Crippen molar-refractivity contribution in [3.8, 4) is 56.7 Å². The highest BCUT2D eigenvalue weighted by molar-refractivity contribution is 7.27. The minimum Gasteiger partial charge on any atom is -0.307 e. The molecule has 13 rings (SSSR count). The van der Waals surface area contributed by atoms with Crippen molar-refractivity contribution in [2.24, 2.45) is 0 Å². The lowest BCUT2D eigenvalue weighted by Crippen LogP contribution is -2.03.